The van der Waals surface area contributed by atoms with Gasteiger partial charge in [-0.2, -0.15) is 0 Å². The van der Waals surface area contributed by atoms with Gasteiger partial charge in [-0.3, -0.25) is 4.79 Å². The minimum atomic E-state index is -0.550. The molecule has 0 saturated carbocycles. The van der Waals surface area contributed by atoms with Crippen LogP contribution in [-0.4, -0.2) is 12.0 Å². The lowest BCUT2D eigenvalue weighted by Gasteiger charge is -2.17. The summed E-state index contributed by atoms with van der Waals surface area (Å²) in [6, 6.07) is 13.5. The van der Waals surface area contributed by atoms with E-state index in [9.17, 15) is 4.79 Å². The number of para-hydroxylation sites is 1. The monoisotopic (exact) mass is 283 g/mol. The maximum Gasteiger partial charge on any atom is 0.265 e. The number of ether oxygens (including phenoxy) is 1. The van der Waals surface area contributed by atoms with E-state index >= 15 is 0 Å². The van der Waals surface area contributed by atoms with Gasteiger partial charge in [-0.25, -0.2) is 0 Å². The van der Waals surface area contributed by atoms with E-state index in [4.69, 9.17) is 4.74 Å². The molecule has 0 aliphatic rings. The van der Waals surface area contributed by atoms with Crippen molar-refractivity contribution in [2.24, 2.45) is 0 Å². The highest BCUT2D eigenvalue weighted by molar-refractivity contribution is 5.94. The Morgan fingerprint density at radius 2 is 1.67 bits per heavy atom. The molecule has 0 heterocycles. The van der Waals surface area contributed by atoms with Gasteiger partial charge in [0.05, 0.1) is 0 Å². The third kappa shape index (κ3) is 3.63. The van der Waals surface area contributed by atoms with Crippen LogP contribution in [0.15, 0.2) is 42.5 Å². The van der Waals surface area contributed by atoms with E-state index in [0.29, 0.717) is 0 Å². The van der Waals surface area contributed by atoms with Crippen molar-refractivity contribution >= 4 is 11.6 Å². The number of hydrogen-bond acceptors (Lipinski definition) is 2. The molecule has 0 radical (unpaired) electrons. The standard InChI is InChI=1S/C18H21NO2/c1-12-9-7-10-16(14(12)3)19-18(20)15(4)21-17-11-6-5-8-13(17)2/h5-11,15H,1-4H3,(H,19,20)/t15-/m1/s1. The first-order valence-corrected chi connectivity index (χ1v) is 7.08. The smallest absolute Gasteiger partial charge is 0.265 e. The number of aryl methyl sites for hydroxylation is 2. The second-order valence-electron chi connectivity index (χ2n) is 5.26. The van der Waals surface area contributed by atoms with Crippen molar-refractivity contribution in [3.05, 3.63) is 59.2 Å². The van der Waals surface area contributed by atoms with Crippen LogP contribution in [0.4, 0.5) is 5.69 Å². The Morgan fingerprint density at radius 1 is 1.00 bits per heavy atom. The number of anilines is 1. The van der Waals surface area contributed by atoms with Gasteiger partial charge in [-0.05, 0) is 56.5 Å². The van der Waals surface area contributed by atoms with Crippen LogP contribution in [0.2, 0.25) is 0 Å². The van der Waals surface area contributed by atoms with E-state index in [1.807, 2.05) is 63.2 Å². The van der Waals surface area contributed by atoms with Crippen LogP contribution in [0.3, 0.4) is 0 Å². The summed E-state index contributed by atoms with van der Waals surface area (Å²) in [5.41, 5.74) is 4.08. The van der Waals surface area contributed by atoms with Crippen molar-refractivity contribution in [3.63, 3.8) is 0 Å². The van der Waals surface area contributed by atoms with Gasteiger partial charge in [0.2, 0.25) is 0 Å². The van der Waals surface area contributed by atoms with Crippen LogP contribution in [0.25, 0.3) is 0 Å². The van der Waals surface area contributed by atoms with Crippen molar-refractivity contribution in [2.45, 2.75) is 33.8 Å². The fourth-order valence-electron chi connectivity index (χ4n) is 2.05. The Labute approximate surface area is 126 Å². The number of hydrogen-bond donors (Lipinski definition) is 1. The second kappa shape index (κ2) is 6.44. The summed E-state index contributed by atoms with van der Waals surface area (Å²) in [6.45, 7) is 7.74. The van der Waals surface area contributed by atoms with Crippen LogP contribution in [0.5, 0.6) is 5.75 Å². The number of amides is 1. The normalized spacial score (nSPS) is 11.8. The predicted octanol–water partition coefficient (Wildman–Crippen LogP) is 4.02. The first kappa shape index (κ1) is 15.1. The molecule has 0 spiro atoms. The molecule has 1 N–H and O–H groups in total. The molecule has 0 bridgehead atoms. The molecule has 0 aliphatic heterocycles. The molecular formula is C18H21NO2. The molecule has 0 aliphatic carbocycles. The zero-order valence-corrected chi connectivity index (χ0v) is 12.9. The number of nitrogens with one attached hydrogen (secondary N) is 1. The van der Waals surface area contributed by atoms with E-state index in [0.717, 1.165) is 28.1 Å². The van der Waals surface area contributed by atoms with E-state index < -0.39 is 6.10 Å². The van der Waals surface area contributed by atoms with Crippen LogP contribution < -0.4 is 10.1 Å². The van der Waals surface area contributed by atoms with E-state index in [1.54, 1.807) is 6.92 Å². The minimum absolute atomic E-state index is 0.146. The molecule has 1 atom stereocenters. The average Bonchev–Trinajstić information content (AvgIpc) is 2.46. The quantitative estimate of drug-likeness (QED) is 0.920. The van der Waals surface area contributed by atoms with Crippen LogP contribution in [-0.2, 0) is 4.79 Å². The predicted molar refractivity (Wildman–Crippen MR) is 85.8 cm³/mol. The summed E-state index contributed by atoms with van der Waals surface area (Å²) in [7, 11) is 0. The summed E-state index contributed by atoms with van der Waals surface area (Å²) >= 11 is 0. The van der Waals surface area contributed by atoms with Crippen molar-refractivity contribution < 1.29 is 9.53 Å². The average molecular weight is 283 g/mol. The molecule has 3 heteroatoms. The van der Waals surface area contributed by atoms with Gasteiger partial charge in [-0.15, -0.1) is 0 Å². The Hall–Kier alpha value is -2.29. The summed E-state index contributed by atoms with van der Waals surface area (Å²) in [4.78, 5) is 12.3. The number of carbonyl (C=O) groups is 1. The van der Waals surface area contributed by atoms with Crippen molar-refractivity contribution in [3.8, 4) is 5.75 Å². The molecule has 0 aromatic heterocycles. The zero-order valence-electron chi connectivity index (χ0n) is 12.9. The van der Waals surface area contributed by atoms with Crippen molar-refractivity contribution in [2.75, 3.05) is 5.32 Å². The van der Waals surface area contributed by atoms with Crippen LogP contribution >= 0.6 is 0 Å². The Kier molecular flexibility index (Phi) is 4.63. The van der Waals surface area contributed by atoms with Crippen molar-refractivity contribution in [1.29, 1.82) is 0 Å². The summed E-state index contributed by atoms with van der Waals surface area (Å²) in [5.74, 6) is 0.591. The van der Waals surface area contributed by atoms with Gasteiger partial charge in [0.1, 0.15) is 5.75 Å². The van der Waals surface area contributed by atoms with E-state index in [-0.39, 0.29) is 5.91 Å². The first-order chi connectivity index (χ1) is 9.99. The molecule has 1 amide bonds. The van der Waals surface area contributed by atoms with E-state index in [2.05, 4.69) is 5.32 Å². The Balaban J connectivity index is 2.06. The lowest BCUT2D eigenvalue weighted by atomic mass is 10.1. The van der Waals surface area contributed by atoms with Gasteiger partial charge in [-0.1, -0.05) is 30.3 Å². The highest BCUT2D eigenvalue weighted by Gasteiger charge is 2.16. The van der Waals surface area contributed by atoms with Crippen LogP contribution in [0, 0.1) is 20.8 Å². The molecule has 0 saturated heterocycles. The third-order valence-electron chi connectivity index (χ3n) is 3.63. The Bertz CT molecular complexity index is 649. The summed E-state index contributed by atoms with van der Waals surface area (Å²) < 4.78 is 5.74. The molecule has 0 fully saturated rings. The van der Waals surface area contributed by atoms with E-state index in [1.165, 1.54) is 0 Å². The highest BCUT2D eigenvalue weighted by Crippen LogP contribution is 2.20. The molecule has 0 unspecified atom stereocenters. The van der Waals surface area contributed by atoms with Gasteiger partial charge >= 0.3 is 0 Å². The fourth-order valence-corrected chi connectivity index (χ4v) is 2.05. The SMILES string of the molecule is Cc1ccccc1O[C@H](C)C(=O)Nc1cccc(C)c1C. The topological polar surface area (TPSA) is 38.3 Å². The van der Waals surface area contributed by atoms with Gasteiger partial charge < -0.3 is 10.1 Å². The molecule has 3 nitrogen and oxygen atoms in total. The Morgan fingerprint density at radius 3 is 2.38 bits per heavy atom. The van der Waals surface area contributed by atoms with Gasteiger partial charge in [0.15, 0.2) is 6.10 Å². The molecule has 2 aromatic rings. The molecule has 2 aromatic carbocycles. The summed E-state index contributed by atoms with van der Waals surface area (Å²) in [5, 5.41) is 2.93. The molecule has 21 heavy (non-hydrogen) atoms. The summed E-state index contributed by atoms with van der Waals surface area (Å²) in [6.07, 6.45) is -0.550. The second-order valence-corrected chi connectivity index (χ2v) is 5.26. The first-order valence-electron chi connectivity index (χ1n) is 7.08. The molecule has 110 valence electrons. The lowest BCUT2D eigenvalue weighted by molar-refractivity contribution is -0.122. The number of carbonyl (C=O) groups excluding carboxylic acids is 1. The van der Waals surface area contributed by atoms with Crippen LogP contribution in [0.1, 0.15) is 23.6 Å². The van der Waals surface area contributed by atoms with Gasteiger partial charge in [0, 0.05) is 5.69 Å². The molecular weight excluding hydrogens is 262 g/mol. The molecule has 2 rings (SSSR count). The highest BCUT2D eigenvalue weighted by atomic mass is 16.5. The minimum Gasteiger partial charge on any atom is -0.481 e. The maximum absolute atomic E-state index is 12.3. The number of benzene rings is 2. The lowest BCUT2D eigenvalue weighted by Crippen LogP contribution is -2.30. The zero-order chi connectivity index (χ0) is 15.4. The van der Waals surface area contributed by atoms with Crippen molar-refractivity contribution in [1.82, 2.24) is 0 Å². The van der Waals surface area contributed by atoms with Gasteiger partial charge in [0.25, 0.3) is 5.91 Å². The largest absolute Gasteiger partial charge is 0.481 e. The maximum atomic E-state index is 12.3. The third-order valence-corrected chi connectivity index (χ3v) is 3.63. The number of rotatable bonds is 4. The fraction of sp³-hybridized carbons (Fsp3) is 0.278.